The van der Waals surface area contributed by atoms with Crippen molar-refractivity contribution >= 4 is 0 Å². The van der Waals surface area contributed by atoms with Crippen LogP contribution >= 0.6 is 0 Å². The molecule has 1 atom stereocenters. The molecule has 2 rings (SSSR count). The maximum Gasteiger partial charge on any atom is 0.122 e. The average Bonchev–Trinajstić information content (AvgIpc) is 2.75. The largest absolute Gasteiger partial charge is 0.493 e. The Morgan fingerprint density at radius 1 is 1.37 bits per heavy atom. The SMILES string of the molecule is CCCOc1ccc(CO)cc1C1CCCC1(C)C. The minimum Gasteiger partial charge on any atom is -0.493 e. The number of aliphatic hydroxyl groups excluding tert-OH is 1. The van der Waals surface area contributed by atoms with Crippen molar-refractivity contribution < 1.29 is 9.84 Å². The highest BCUT2D eigenvalue weighted by atomic mass is 16.5. The summed E-state index contributed by atoms with van der Waals surface area (Å²) in [4.78, 5) is 0. The van der Waals surface area contributed by atoms with Gasteiger partial charge in [-0.05, 0) is 53.9 Å². The van der Waals surface area contributed by atoms with Crippen LogP contribution in [0, 0.1) is 5.41 Å². The van der Waals surface area contributed by atoms with E-state index in [-0.39, 0.29) is 6.61 Å². The summed E-state index contributed by atoms with van der Waals surface area (Å²) in [5.74, 6) is 1.56. The number of ether oxygens (including phenoxy) is 1. The van der Waals surface area contributed by atoms with Gasteiger partial charge in [0.05, 0.1) is 13.2 Å². The summed E-state index contributed by atoms with van der Waals surface area (Å²) in [6, 6.07) is 6.14. The first kappa shape index (κ1) is 14.4. The molecule has 0 aromatic heterocycles. The number of benzene rings is 1. The number of hydrogen-bond acceptors (Lipinski definition) is 2. The van der Waals surface area contributed by atoms with Crippen LogP contribution in [-0.4, -0.2) is 11.7 Å². The Kier molecular flexibility index (Phi) is 4.51. The summed E-state index contributed by atoms with van der Waals surface area (Å²) in [7, 11) is 0. The first-order valence-corrected chi connectivity index (χ1v) is 7.45. The molecule has 0 bridgehead atoms. The molecule has 2 nitrogen and oxygen atoms in total. The van der Waals surface area contributed by atoms with E-state index in [4.69, 9.17) is 4.74 Å². The summed E-state index contributed by atoms with van der Waals surface area (Å²) in [6.45, 7) is 7.69. The van der Waals surface area contributed by atoms with E-state index in [1.54, 1.807) is 0 Å². The lowest BCUT2D eigenvalue weighted by molar-refractivity contribution is 0.277. The van der Waals surface area contributed by atoms with Crippen LogP contribution in [0.4, 0.5) is 0 Å². The van der Waals surface area contributed by atoms with Crippen molar-refractivity contribution in [1.29, 1.82) is 0 Å². The molecule has 0 heterocycles. The molecular weight excluding hydrogens is 236 g/mol. The normalized spacial score (nSPS) is 21.6. The molecule has 1 aromatic carbocycles. The molecule has 0 radical (unpaired) electrons. The second kappa shape index (κ2) is 5.96. The van der Waals surface area contributed by atoms with E-state index < -0.39 is 0 Å². The summed E-state index contributed by atoms with van der Waals surface area (Å²) < 4.78 is 5.91. The number of aliphatic hydroxyl groups is 1. The van der Waals surface area contributed by atoms with Crippen LogP contribution in [0.1, 0.15) is 63.5 Å². The zero-order chi connectivity index (χ0) is 13.9. The zero-order valence-corrected chi connectivity index (χ0v) is 12.4. The molecule has 0 amide bonds. The van der Waals surface area contributed by atoms with E-state index in [2.05, 4.69) is 26.8 Å². The predicted octanol–water partition coefficient (Wildman–Crippen LogP) is 4.26. The van der Waals surface area contributed by atoms with Crippen LogP contribution in [0.25, 0.3) is 0 Å². The lowest BCUT2D eigenvalue weighted by Gasteiger charge is -2.29. The average molecular weight is 262 g/mol. The Balaban J connectivity index is 2.34. The molecule has 106 valence electrons. The Morgan fingerprint density at radius 3 is 2.74 bits per heavy atom. The molecule has 1 aliphatic carbocycles. The fraction of sp³-hybridized carbons (Fsp3) is 0.647. The van der Waals surface area contributed by atoms with Gasteiger partial charge in [-0.15, -0.1) is 0 Å². The second-order valence-electron chi connectivity index (χ2n) is 6.31. The van der Waals surface area contributed by atoms with Crippen molar-refractivity contribution in [2.45, 2.75) is 59.0 Å². The summed E-state index contributed by atoms with van der Waals surface area (Å²) in [6.07, 6.45) is 4.81. The van der Waals surface area contributed by atoms with E-state index in [0.29, 0.717) is 11.3 Å². The van der Waals surface area contributed by atoms with E-state index >= 15 is 0 Å². The molecular formula is C17H26O2. The smallest absolute Gasteiger partial charge is 0.122 e. The third kappa shape index (κ3) is 3.11. The molecule has 1 unspecified atom stereocenters. The molecule has 0 spiro atoms. The van der Waals surface area contributed by atoms with Gasteiger partial charge in [0.15, 0.2) is 0 Å². The number of rotatable bonds is 5. The van der Waals surface area contributed by atoms with E-state index in [1.807, 2.05) is 12.1 Å². The quantitative estimate of drug-likeness (QED) is 0.859. The molecule has 1 aliphatic rings. The van der Waals surface area contributed by atoms with Gasteiger partial charge in [-0.25, -0.2) is 0 Å². The molecule has 0 saturated heterocycles. The van der Waals surface area contributed by atoms with Gasteiger partial charge < -0.3 is 9.84 Å². The van der Waals surface area contributed by atoms with Gasteiger partial charge in [0.25, 0.3) is 0 Å². The van der Waals surface area contributed by atoms with Crippen LogP contribution in [0.2, 0.25) is 0 Å². The Labute approximate surface area is 116 Å². The van der Waals surface area contributed by atoms with Gasteiger partial charge in [0, 0.05) is 0 Å². The van der Waals surface area contributed by atoms with Gasteiger partial charge in [-0.3, -0.25) is 0 Å². The van der Waals surface area contributed by atoms with Gasteiger partial charge in [-0.2, -0.15) is 0 Å². The van der Waals surface area contributed by atoms with Gasteiger partial charge in [-0.1, -0.05) is 33.3 Å². The van der Waals surface area contributed by atoms with Crippen molar-refractivity contribution in [2.75, 3.05) is 6.61 Å². The standard InChI is InChI=1S/C17H26O2/c1-4-10-19-16-8-7-13(12-18)11-14(16)15-6-5-9-17(15,2)3/h7-8,11,15,18H,4-6,9-10,12H2,1-3H3. The maximum atomic E-state index is 9.36. The fourth-order valence-corrected chi connectivity index (χ4v) is 3.22. The molecule has 1 fully saturated rings. The minimum absolute atomic E-state index is 0.105. The van der Waals surface area contributed by atoms with E-state index in [1.165, 1.54) is 24.8 Å². The predicted molar refractivity (Wildman–Crippen MR) is 78.5 cm³/mol. The van der Waals surface area contributed by atoms with Gasteiger partial charge >= 0.3 is 0 Å². The molecule has 19 heavy (non-hydrogen) atoms. The molecule has 2 heteroatoms. The van der Waals surface area contributed by atoms with E-state index in [9.17, 15) is 5.11 Å². The topological polar surface area (TPSA) is 29.5 Å². The van der Waals surface area contributed by atoms with E-state index in [0.717, 1.165) is 24.3 Å². The lowest BCUT2D eigenvalue weighted by atomic mass is 9.77. The summed E-state index contributed by atoms with van der Waals surface area (Å²) in [5, 5.41) is 9.36. The molecule has 1 aromatic rings. The monoisotopic (exact) mass is 262 g/mol. The van der Waals surface area contributed by atoms with Crippen LogP contribution in [0.5, 0.6) is 5.75 Å². The lowest BCUT2D eigenvalue weighted by Crippen LogP contribution is -2.17. The second-order valence-corrected chi connectivity index (χ2v) is 6.31. The first-order chi connectivity index (χ1) is 9.08. The van der Waals surface area contributed by atoms with Crippen molar-refractivity contribution in [3.63, 3.8) is 0 Å². The highest BCUT2D eigenvalue weighted by molar-refractivity contribution is 5.41. The highest BCUT2D eigenvalue weighted by Gasteiger charge is 2.37. The van der Waals surface area contributed by atoms with Crippen molar-refractivity contribution in [3.05, 3.63) is 29.3 Å². The first-order valence-electron chi connectivity index (χ1n) is 7.45. The fourth-order valence-electron chi connectivity index (χ4n) is 3.22. The molecule has 1 saturated carbocycles. The van der Waals surface area contributed by atoms with Crippen molar-refractivity contribution in [2.24, 2.45) is 5.41 Å². The molecule has 1 N–H and O–H groups in total. The van der Waals surface area contributed by atoms with Crippen LogP contribution in [0.15, 0.2) is 18.2 Å². The summed E-state index contributed by atoms with van der Waals surface area (Å²) >= 11 is 0. The summed E-state index contributed by atoms with van der Waals surface area (Å²) in [5.41, 5.74) is 2.61. The van der Waals surface area contributed by atoms with Crippen LogP contribution in [-0.2, 0) is 6.61 Å². The third-order valence-electron chi connectivity index (χ3n) is 4.35. The van der Waals surface area contributed by atoms with Crippen LogP contribution in [0.3, 0.4) is 0 Å². The molecule has 0 aliphatic heterocycles. The third-order valence-corrected chi connectivity index (χ3v) is 4.35. The van der Waals surface area contributed by atoms with Crippen LogP contribution < -0.4 is 4.74 Å². The van der Waals surface area contributed by atoms with Gasteiger partial charge in [0.2, 0.25) is 0 Å². The van der Waals surface area contributed by atoms with Crippen molar-refractivity contribution in [3.8, 4) is 5.75 Å². The highest BCUT2D eigenvalue weighted by Crippen LogP contribution is 2.51. The number of hydrogen-bond donors (Lipinski definition) is 1. The minimum atomic E-state index is 0.105. The zero-order valence-electron chi connectivity index (χ0n) is 12.4. The van der Waals surface area contributed by atoms with Crippen molar-refractivity contribution in [1.82, 2.24) is 0 Å². The maximum absolute atomic E-state index is 9.36. The van der Waals surface area contributed by atoms with Gasteiger partial charge in [0.1, 0.15) is 5.75 Å². The Bertz CT molecular complexity index is 423. The Hall–Kier alpha value is -1.02. The Morgan fingerprint density at radius 2 is 2.16 bits per heavy atom.